The van der Waals surface area contributed by atoms with Crippen molar-refractivity contribution in [2.75, 3.05) is 19.6 Å². The van der Waals surface area contributed by atoms with E-state index >= 15 is 0 Å². The van der Waals surface area contributed by atoms with Gasteiger partial charge in [0, 0.05) is 25.6 Å². The van der Waals surface area contributed by atoms with E-state index in [1.54, 1.807) is 0 Å². The molecule has 1 heterocycles. The van der Waals surface area contributed by atoms with Crippen molar-refractivity contribution in [3.63, 3.8) is 0 Å². The molecule has 0 spiro atoms. The standard InChI is InChI=1S/C16H28N2O/c1-2-18(11-15-4-3-7-17-15)16(19)10-14-9-12-5-6-13(14)8-12/h12-15,17H,2-11H2,1H3. The second-order valence-corrected chi connectivity index (χ2v) is 6.86. The Hall–Kier alpha value is -0.570. The molecule has 3 nitrogen and oxygen atoms in total. The predicted octanol–water partition coefficient (Wildman–Crippen LogP) is 2.41. The van der Waals surface area contributed by atoms with Gasteiger partial charge >= 0.3 is 0 Å². The normalized spacial score (nSPS) is 36.9. The lowest BCUT2D eigenvalue weighted by molar-refractivity contribution is -0.132. The van der Waals surface area contributed by atoms with Crippen LogP contribution in [0.15, 0.2) is 0 Å². The smallest absolute Gasteiger partial charge is 0.222 e. The van der Waals surface area contributed by atoms with E-state index in [2.05, 4.69) is 17.1 Å². The van der Waals surface area contributed by atoms with Crippen LogP contribution in [0, 0.1) is 17.8 Å². The highest BCUT2D eigenvalue weighted by atomic mass is 16.2. The van der Waals surface area contributed by atoms with Crippen molar-refractivity contribution >= 4 is 5.91 Å². The van der Waals surface area contributed by atoms with E-state index < -0.39 is 0 Å². The lowest BCUT2D eigenvalue weighted by atomic mass is 9.86. The Morgan fingerprint density at radius 1 is 1.26 bits per heavy atom. The second kappa shape index (κ2) is 5.82. The minimum atomic E-state index is 0.411. The molecule has 3 fully saturated rings. The highest BCUT2D eigenvalue weighted by molar-refractivity contribution is 5.76. The summed E-state index contributed by atoms with van der Waals surface area (Å²) in [6.45, 7) is 5.05. The van der Waals surface area contributed by atoms with Gasteiger partial charge in [-0.3, -0.25) is 4.79 Å². The van der Waals surface area contributed by atoms with Gasteiger partial charge in [-0.1, -0.05) is 6.42 Å². The zero-order valence-corrected chi connectivity index (χ0v) is 12.2. The number of nitrogens with zero attached hydrogens (tertiary/aromatic N) is 1. The fourth-order valence-corrected chi connectivity index (χ4v) is 4.57. The highest BCUT2D eigenvalue weighted by Crippen LogP contribution is 2.49. The van der Waals surface area contributed by atoms with Gasteiger partial charge in [0.15, 0.2) is 0 Å². The van der Waals surface area contributed by atoms with E-state index in [0.717, 1.165) is 37.9 Å². The number of carbonyl (C=O) groups is 1. The quantitative estimate of drug-likeness (QED) is 0.827. The van der Waals surface area contributed by atoms with Crippen molar-refractivity contribution in [2.45, 2.75) is 57.9 Å². The first-order chi connectivity index (χ1) is 9.26. The van der Waals surface area contributed by atoms with Gasteiger partial charge in [-0.05, 0) is 63.3 Å². The first kappa shape index (κ1) is 13.4. The third kappa shape index (κ3) is 2.96. The molecule has 4 atom stereocenters. The van der Waals surface area contributed by atoms with Gasteiger partial charge in [0.05, 0.1) is 0 Å². The van der Waals surface area contributed by atoms with E-state index in [1.165, 1.54) is 38.5 Å². The molecule has 2 aliphatic carbocycles. The van der Waals surface area contributed by atoms with Crippen LogP contribution in [-0.2, 0) is 4.79 Å². The lowest BCUT2D eigenvalue weighted by Crippen LogP contribution is -2.41. The Morgan fingerprint density at radius 2 is 2.16 bits per heavy atom. The number of rotatable bonds is 5. The Kier molecular flexibility index (Phi) is 4.11. The number of likely N-dealkylation sites (N-methyl/N-ethyl adjacent to an activating group) is 1. The third-order valence-electron chi connectivity index (χ3n) is 5.66. The molecule has 0 aromatic rings. The maximum atomic E-state index is 12.5. The molecule has 0 radical (unpaired) electrons. The number of nitrogens with one attached hydrogen (secondary N) is 1. The van der Waals surface area contributed by atoms with Gasteiger partial charge in [-0.2, -0.15) is 0 Å². The average Bonchev–Trinajstić information content (AvgIpc) is 3.13. The maximum Gasteiger partial charge on any atom is 0.222 e. The molecule has 108 valence electrons. The fourth-order valence-electron chi connectivity index (χ4n) is 4.57. The van der Waals surface area contributed by atoms with Crippen LogP contribution in [0.3, 0.4) is 0 Å². The van der Waals surface area contributed by atoms with Crippen LogP contribution >= 0.6 is 0 Å². The van der Waals surface area contributed by atoms with Gasteiger partial charge in [-0.25, -0.2) is 0 Å². The Bertz CT molecular complexity index is 325. The van der Waals surface area contributed by atoms with Gasteiger partial charge in [0.2, 0.25) is 5.91 Å². The zero-order valence-electron chi connectivity index (χ0n) is 12.2. The van der Waals surface area contributed by atoms with Crippen LogP contribution in [0.5, 0.6) is 0 Å². The molecule has 3 aliphatic rings. The molecule has 3 rings (SSSR count). The summed E-state index contributed by atoms with van der Waals surface area (Å²) in [6, 6.07) is 0.545. The Balaban J connectivity index is 1.49. The van der Waals surface area contributed by atoms with Crippen LogP contribution in [0.1, 0.15) is 51.9 Å². The van der Waals surface area contributed by atoms with Crippen molar-refractivity contribution in [1.29, 1.82) is 0 Å². The predicted molar refractivity (Wildman–Crippen MR) is 76.8 cm³/mol. The SMILES string of the molecule is CCN(CC1CCCN1)C(=O)CC1CC2CCC1C2. The molecule has 1 saturated heterocycles. The molecule has 2 bridgehead atoms. The van der Waals surface area contributed by atoms with E-state index in [4.69, 9.17) is 0 Å². The number of amides is 1. The molecule has 0 aromatic carbocycles. The van der Waals surface area contributed by atoms with Crippen molar-refractivity contribution in [2.24, 2.45) is 17.8 Å². The van der Waals surface area contributed by atoms with Crippen molar-refractivity contribution < 1.29 is 4.79 Å². The average molecular weight is 264 g/mol. The molecular formula is C16H28N2O. The molecule has 1 N–H and O–H groups in total. The Morgan fingerprint density at radius 3 is 2.74 bits per heavy atom. The molecular weight excluding hydrogens is 236 g/mol. The van der Waals surface area contributed by atoms with Gasteiger partial charge in [0.1, 0.15) is 0 Å². The first-order valence-corrected chi connectivity index (χ1v) is 8.27. The number of carbonyl (C=O) groups excluding carboxylic acids is 1. The van der Waals surface area contributed by atoms with Crippen molar-refractivity contribution in [3.05, 3.63) is 0 Å². The van der Waals surface area contributed by atoms with Gasteiger partial charge in [-0.15, -0.1) is 0 Å². The first-order valence-electron chi connectivity index (χ1n) is 8.27. The lowest BCUT2D eigenvalue weighted by Gasteiger charge is -2.28. The summed E-state index contributed by atoms with van der Waals surface area (Å²) < 4.78 is 0. The summed E-state index contributed by atoms with van der Waals surface area (Å²) in [5, 5.41) is 3.50. The summed E-state index contributed by atoms with van der Waals surface area (Å²) >= 11 is 0. The van der Waals surface area contributed by atoms with Gasteiger partial charge in [0.25, 0.3) is 0 Å². The van der Waals surface area contributed by atoms with Crippen LogP contribution in [0.25, 0.3) is 0 Å². The molecule has 3 heteroatoms. The topological polar surface area (TPSA) is 32.3 Å². The molecule has 1 aliphatic heterocycles. The maximum absolute atomic E-state index is 12.5. The monoisotopic (exact) mass is 264 g/mol. The van der Waals surface area contributed by atoms with Crippen LogP contribution < -0.4 is 5.32 Å². The number of hydrogen-bond acceptors (Lipinski definition) is 2. The molecule has 19 heavy (non-hydrogen) atoms. The number of hydrogen-bond donors (Lipinski definition) is 1. The van der Waals surface area contributed by atoms with Crippen LogP contribution in [-0.4, -0.2) is 36.5 Å². The van der Waals surface area contributed by atoms with E-state index in [0.29, 0.717) is 17.9 Å². The van der Waals surface area contributed by atoms with Crippen LogP contribution in [0.2, 0.25) is 0 Å². The summed E-state index contributed by atoms with van der Waals surface area (Å²) in [5.41, 5.74) is 0. The summed E-state index contributed by atoms with van der Waals surface area (Å²) in [6.07, 6.45) is 8.88. The van der Waals surface area contributed by atoms with E-state index in [-0.39, 0.29) is 0 Å². The minimum absolute atomic E-state index is 0.411. The summed E-state index contributed by atoms with van der Waals surface area (Å²) in [7, 11) is 0. The zero-order chi connectivity index (χ0) is 13.2. The number of fused-ring (bicyclic) bond motifs is 2. The Labute approximate surface area is 117 Å². The second-order valence-electron chi connectivity index (χ2n) is 6.86. The van der Waals surface area contributed by atoms with Crippen molar-refractivity contribution in [1.82, 2.24) is 10.2 Å². The largest absolute Gasteiger partial charge is 0.341 e. The van der Waals surface area contributed by atoms with E-state index in [1.807, 2.05) is 0 Å². The highest BCUT2D eigenvalue weighted by Gasteiger charge is 2.40. The molecule has 0 aromatic heterocycles. The third-order valence-corrected chi connectivity index (χ3v) is 5.66. The van der Waals surface area contributed by atoms with Gasteiger partial charge < -0.3 is 10.2 Å². The summed E-state index contributed by atoms with van der Waals surface area (Å²) in [5.74, 6) is 2.94. The minimum Gasteiger partial charge on any atom is -0.341 e. The molecule has 1 amide bonds. The molecule has 2 saturated carbocycles. The van der Waals surface area contributed by atoms with Crippen LogP contribution in [0.4, 0.5) is 0 Å². The molecule has 4 unspecified atom stereocenters. The van der Waals surface area contributed by atoms with Crippen molar-refractivity contribution in [3.8, 4) is 0 Å². The fraction of sp³-hybridized carbons (Fsp3) is 0.938. The van der Waals surface area contributed by atoms with E-state index in [9.17, 15) is 4.79 Å². The summed E-state index contributed by atoms with van der Waals surface area (Å²) in [4.78, 5) is 14.6.